The van der Waals surface area contributed by atoms with Gasteiger partial charge in [0.1, 0.15) is 11.4 Å². The van der Waals surface area contributed by atoms with Crippen LogP contribution in [0.15, 0.2) is 24.3 Å². The van der Waals surface area contributed by atoms with Gasteiger partial charge >= 0.3 is 12.1 Å². The number of aliphatic carboxylic acids is 1. The number of carboxylic acid groups (broad SMARTS) is 1. The maximum atomic E-state index is 11.7. The zero-order chi connectivity index (χ0) is 16.8. The van der Waals surface area contributed by atoms with Gasteiger partial charge in [0.2, 0.25) is 0 Å². The zero-order valence-corrected chi connectivity index (χ0v) is 13.4. The number of hydrogen-bond acceptors (Lipinski definition) is 4. The molecular formula is C16H23NO5. The van der Waals surface area contributed by atoms with Crippen LogP contribution in [0.25, 0.3) is 0 Å². The molecule has 1 atom stereocenters. The Balaban J connectivity index is 2.46. The highest BCUT2D eigenvalue weighted by Crippen LogP contribution is 2.14. The lowest BCUT2D eigenvalue weighted by Gasteiger charge is -2.22. The van der Waals surface area contributed by atoms with Crippen molar-refractivity contribution in [3.05, 3.63) is 29.8 Å². The molecule has 0 bridgehead atoms. The van der Waals surface area contributed by atoms with Gasteiger partial charge in [-0.3, -0.25) is 0 Å². The summed E-state index contributed by atoms with van der Waals surface area (Å²) >= 11 is 0. The van der Waals surface area contributed by atoms with Gasteiger partial charge < -0.3 is 19.9 Å². The van der Waals surface area contributed by atoms with Gasteiger partial charge in [-0.05, 0) is 51.8 Å². The first-order valence-electron chi connectivity index (χ1n) is 7.09. The molecule has 22 heavy (non-hydrogen) atoms. The normalized spacial score (nSPS) is 12.4. The van der Waals surface area contributed by atoms with Gasteiger partial charge in [0.25, 0.3) is 0 Å². The molecule has 0 saturated carbocycles. The molecule has 1 unspecified atom stereocenters. The van der Waals surface area contributed by atoms with E-state index in [0.29, 0.717) is 12.2 Å². The van der Waals surface area contributed by atoms with E-state index in [4.69, 9.17) is 14.6 Å². The third-order valence-electron chi connectivity index (χ3n) is 2.59. The van der Waals surface area contributed by atoms with Gasteiger partial charge in [-0.1, -0.05) is 12.1 Å². The molecule has 0 saturated heterocycles. The van der Waals surface area contributed by atoms with Crippen LogP contribution in [-0.2, 0) is 16.0 Å². The molecule has 0 heterocycles. The Hall–Kier alpha value is -2.24. The summed E-state index contributed by atoms with van der Waals surface area (Å²) in [6.07, 6.45) is 0.194. The Morgan fingerprint density at radius 2 is 1.82 bits per heavy atom. The number of hydrogen-bond donors (Lipinski definition) is 2. The molecule has 0 aromatic heterocycles. The van der Waals surface area contributed by atoms with Crippen molar-refractivity contribution in [3.63, 3.8) is 0 Å². The van der Waals surface area contributed by atoms with Crippen molar-refractivity contribution < 1.29 is 24.2 Å². The minimum absolute atomic E-state index is 0.0827. The highest BCUT2D eigenvalue weighted by molar-refractivity contribution is 5.68. The summed E-state index contributed by atoms with van der Waals surface area (Å²) in [5.74, 6) is -0.516. The molecule has 1 amide bonds. The zero-order valence-electron chi connectivity index (χ0n) is 13.4. The summed E-state index contributed by atoms with van der Waals surface area (Å²) in [6, 6.07) is 7.01. The molecule has 122 valence electrons. The van der Waals surface area contributed by atoms with E-state index in [9.17, 15) is 9.59 Å². The molecule has 6 nitrogen and oxygen atoms in total. The topological polar surface area (TPSA) is 84.9 Å². The first-order valence-corrected chi connectivity index (χ1v) is 7.09. The number of benzene rings is 1. The second-order valence-electron chi connectivity index (χ2n) is 6.08. The van der Waals surface area contributed by atoms with Crippen LogP contribution in [0, 0.1) is 0 Å². The summed E-state index contributed by atoms with van der Waals surface area (Å²) in [6.45, 7) is 6.96. The minimum atomic E-state index is -1.01. The van der Waals surface area contributed by atoms with E-state index < -0.39 is 17.7 Å². The molecule has 0 spiro atoms. The average Bonchev–Trinajstić information content (AvgIpc) is 2.35. The molecule has 0 fully saturated rings. The maximum Gasteiger partial charge on any atom is 0.407 e. The average molecular weight is 309 g/mol. The molecule has 0 aliphatic carbocycles. The summed E-state index contributed by atoms with van der Waals surface area (Å²) in [5.41, 5.74) is 0.485. The highest BCUT2D eigenvalue weighted by atomic mass is 16.6. The van der Waals surface area contributed by atoms with Crippen molar-refractivity contribution >= 4 is 12.1 Å². The van der Waals surface area contributed by atoms with Crippen LogP contribution in [0.5, 0.6) is 5.75 Å². The largest absolute Gasteiger partial charge is 0.482 e. The van der Waals surface area contributed by atoms with E-state index in [1.54, 1.807) is 12.1 Å². The molecule has 1 rings (SSSR count). The molecule has 1 aromatic carbocycles. The molecule has 0 aliphatic rings. The van der Waals surface area contributed by atoms with Crippen molar-refractivity contribution in [3.8, 4) is 5.75 Å². The van der Waals surface area contributed by atoms with E-state index in [1.165, 1.54) is 0 Å². The third kappa shape index (κ3) is 7.52. The fourth-order valence-corrected chi connectivity index (χ4v) is 1.78. The lowest BCUT2D eigenvalue weighted by molar-refractivity contribution is -0.139. The van der Waals surface area contributed by atoms with Gasteiger partial charge in [-0.15, -0.1) is 0 Å². The summed E-state index contributed by atoms with van der Waals surface area (Å²) in [4.78, 5) is 22.1. The molecule has 0 radical (unpaired) electrons. The molecule has 0 aliphatic heterocycles. The predicted octanol–water partition coefficient (Wildman–Crippen LogP) is 2.61. The van der Waals surface area contributed by atoms with Crippen LogP contribution in [0.4, 0.5) is 4.79 Å². The van der Waals surface area contributed by atoms with E-state index in [2.05, 4.69) is 5.32 Å². The second kappa shape index (κ2) is 7.68. The predicted molar refractivity (Wildman–Crippen MR) is 82.1 cm³/mol. The van der Waals surface area contributed by atoms with Crippen molar-refractivity contribution in [1.82, 2.24) is 5.32 Å². The Morgan fingerprint density at radius 1 is 1.23 bits per heavy atom. The van der Waals surface area contributed by atoms with Crippen LogP contribution in [0.1, 0.15) is 33.3 Å². The van der Waals surface area contributed by atoms with Crippen molar-refractivity contribution in [2.24, 2.45) is 0 Å². The number of alkyl carbamates (subject to hydrolysis) is 1. The second-order valence-corrected chi connectivity index (χ2v) is 6.08. The summed E-state index contributed by atoms with van der Waals surface area (Å²) < 4.78 is 10.3. The smallest absolute Gasteiger partial charge is 0.407 e. The Labute approximate surface area is 130 Å². The van der Waals surface area contributed by atoms with Crippen molar-refractivity contribution in [1.29, 1.82) is 0 Å². The minimum Gasteiger partial charge on any atom is -0.482 e. The molecule has 2 N–H and O–H groups in total. The van der Waals surface area contributed by atoms with Gasteiger partial charge in [0.05, 0.1) is 0 Å². The molecule has 1 aromatic rings. The fraction of sp³-hybridized carbons (Fsp3) is 0.500. The SMILES string of the molecule is CC(Cc1ccc(OCC(=O)O)cc1)NC(=O)OC(C)(C)C. The standard InChI is InChI=1S/C16H23NO5/c1-11(17-15(20)22-16(2,3)4)9-12-5-7-13(8-6-12)21-10-14(18)19/h5-8,11H,9-10H2,1-4H3,(H,17,20)(H,18,19). The van der Waals surface area contributed by atoms with Crippen LogP contribution in [0.2, 0.25) is 0 Å². The number of carbonyl (C=O) groups excluding carboxylic acids is 1. The molecular weight excluding hydrogens is 286 g/mol. The lowest BCUT2D eigenvalue weighted by Crippen LogP contribution is -2.38. The van der Waals surface area contributed by atoms with Gasteiger partial charge in [0, 0.05) is 6.04 Å². The number of carboxylic acids is 1. The maximum absolute atomic E-state index is 11.7. The first-order chi connectivity index (χ1) is 10.2. The van der Waals surface area contributed by atoms with E-state index in [-0.39, 0.29) is 12.6 Å². The first kappa shape index (κ1) is 17.8. The van der Waals surface area contributed by atoms with Gasteiger partial charge in [-0.2, -0.15) is 0 Å². The van der Waals surface area contributed by atoms with E-state index in [1.807, 2.05) is 39.8 Å². The van der Waals surface area contributed by atoms with Crippen molar-refractivity contribution in [2.45, 2.75) is 45.8 Å². The quantitative estimate of drug-likeness (QED) is 0.843. The molecule has 6 heteroatoms. The van der Waals surface area contributed by atoms with Crippen LogP contribution in [0.3, 0.4) is 0 Å². The Bertz CT molecular complexity index is 504. The number of nitrogens with one attached hydrogen (secondary N) is 1. The highest BCUT2D eigenvalue weighted by Gasteiger charge is 2.17. The van der Waals surface area contributed by atoms with Gasteiger partial charge in [-0.25, -0.2) is 9.59 Å². The number of ether oxygens (including phenoxy) is 2. The fourth-order valence-electron chi connectivity index (χ4n) is 1.78. The van der Waals surface area contributed by atoms with E-state index >= 15 is 0 Å². The van der Waals surface area contributed by atoms with Crippen LogP contribution < -0.4 is 10.1 Å². The summed E-state index contributed by atoms with van der Waals surface area (Å²) in [7, 11) is 0. The Morgan fingerprint density at radius 3 is 2.32 bits per heavy atom. The number of carbonyl (C=O) groups is 2. The van der Waals surface area contributed by atoms with Crippen LogP contribution in [-0.4, -0.2) is 35.4 Å². The Kier molecular flexibility index (Phi) is 6.22. The summed E-state index contributed by atoms with van der Waals surface area (Å²) in [5, 5.41) is 11.3. The van der Waals surface area contributed by atoms with Crippen molar-refractivity contribution in [2.75, 3.05) is 6.61 Å². The third-order valence-corrected chi connectivity index (χ3v) is 2.59. The number of amides is 1. The van der Waals surface area contributed by atoms with Crippen LogP contribution >= 0.6 is 0 Å². The monoisotopic (exact) mass is 309 g/mol. The lowest BCUT2D eigenvalue weighted by atomic mass is 10.1. The number of rotatable bonds is 6. The van der Waals surface area contributed by atoms with Gasteiger partial charge in [0.15, 0.2) is 6.61 Å². The van der Waals surface area contributed by atoms with E-state index in [0.717, 1.165) is 5.56 Å².